The van der Waals surface area contributed by atoms with Gasteiger partial charge in [-0.2, -0.15) is 0 Å². The monoisotopic (exact) mass is 218 g/mol. The van der Waals surface area contributed by atoms with Crippen molar-refractivity contribution in [1.29, 1.82) is 0 Å². The largest absolute Gasteiger partial charge is 0.354 e. The third-order valence-electron chi connectivity index (χ3n) is 1.66. The number of hydrogen-bond donors (Lipinski definition) is 2. The average molecular weight is 218 g/mol. The molecule has 1 aromatic carbocycles. The Morgan fingerprint density at radius 3 is 2.75 bits per heavy atom. The van der Waals surface area contributed by atoms with Crippen LogP contribution in [-0.4, -0.2) is 4.89 Å². The van der Waals surface area contributed by atoms with E-state index in [0.717, 1.165) is 11.7 Å². The standard InChI is InChI=1S/C8H11OPS2/c1-2-7-4-3-5-8(6-7)10(9,11)12/h3-6H,2H2,1H3,(H2,9,11,12). The van der Waals surface area contributed by atoms with Gasteiger partial charge in [0.05, 0.1) is 0 Å². The first-order valence-corrected chi connectivity index (χ1v) is 7.60. The molecule has 0 aliphatic carbocycles. The van der Waals surface area contributed by atoms with Crippen LogP contribution in [0, 0.1) is 0 Å². The molecular weight excluding hydrogens is 207 g/mol. The molecule has 0 fully saturated rings. The van der Waals surface area contributed by atoms with Crippen molar-refractivity contribution in [2.45, 2.75) is 13.3 Å². The lowest BCUT2D eigenvalue weighted by molar-refractivity contribution is 0.648. The number of aryl methyl sites for hydroxylation is 1. The van der Waals surface area contributed by atoms with Gasteiger partial charge < -0.3 is 4.89 Å². The third-order valence-corrected chi connectivity index (χ3v) is 3.93. The number of rotatable bonds is 2. The Bertz CT molecular complexity index is 319. The summed E-state index contributed by atoms with van der Waals surface area (Å²) in [6, 6.07) is 7.67. The fourth-order valence-corrected chi connectivity index (χ4v) is 2.29. The van der Waals surface area contributed by atoms with E-state index in [1.54, 1.807) is 0 Å². The fraction of sp³-hybridized carbons (Fsp3) is 0.250. The zero-order valence-corrected chi connectivity index (χ0v) is 9.37. The molecule has 66 valence electrons. The Morgan fingerprint density at radius 1 is 1.58 bits per heavy atom. The van der Waals surface area contributed by atoms with Crippen LogP contribution < -0.4 is 5.30 Å². The second-order valence-corrected chi connectivity index (χ2v) is 8.31. The highest BCUT2D eigenvalue weighted by Gasteiger charge is 2.09. The average Bonchev–Trinajstić information content (AvgIpc) is 2.03. The van der Waals surface area contributed by atoms with E-state index in [1.165, 1.54) is 5.56 Å². The lowest BCUT2D eigenvalue weighted by Gasteiger charge is -2.08. The molecule has 12 heavy (non-hydrogen) atoms. The lowest BCUT2D eigenvalue weighted by atomic mass is 10.2. The molecule has 0 heterocycles. The van der Waals surface area contributed by atoms with Gasteiger partial charge in [-0.3, -0.25) is 0 Å². The molecule has 0 aromatic heterocycles. The molecule has 1 atom stereocenters. The zero-order chi connectivity index (χ0) is 9.19. The first-order chi connectivity index (χ1) is 5.54. The van der Waals surface area contributed by atoms with E-state index in [0.29, 0.717) is 0 Å². The third kappa shape index (κ3) is 2.60. The van der Waals surface area contributed by atoms with Gasteiger partial charge in [0, 0.05) is 5.30 Å². The number of thiol groups is 1. The molecule has 1 nitrogen and oxygen atoms in total. The Balaban J connectivity index is 3.11. The molecule has 0 saturated heterocycles. The minimum atomic E-state index is -2.53. The Morgan fingerprint density at radius 2 is 2.25 bits per heavy atom. The van der Waals surface area contributed by atoms with Gasteiger partial charge in [0.15, 0.2) is 0 Å². The molecule has 0 aliphatic heterocycles. The highest BCUT2D eigenvalue weighted by Crippen LogP contribution is 2.44. The van der Waals surface area contributed by atoms with Gasteiger partial charge >= 0.3 is 0 Å². The molecule has 0 radical (unpaired) electrons. The number of hydrogen-bond acceptors (Lipinski definition) is 1. The van der Waals surface area contributed by atoms with Crippen LogP contribution in [0.5, 0.6) is 0 Å². The van der Waals surface area contributed by atoms with E-state index < -0.39 is 5.47 Å². The van der Waals surface area contributed by atoms with Gasteiger partial charge in [0.1, 0.15) is 5.47 Å². The van der Waals surface area contributed by atoms with Crippen LogP contribution in [0.25, 0.3) is 0 Å². The quantitative estimate of drug-likeness (QED) is 0.585. The molecule has 0 amide bonds. The van der Waals surface area contributed by atoms with E-state index in [2.05, 4.69) is 19.2 Å². The summed E-state index contributed by atoms with van der Waals surface area (Å²) in [6.07, 6.45) is 0.955. The first kappa shape index (κ1) is 10.3. The Labute approximate surface area is 83.1 Å². The maximum Gasteiger partial charge on any atom is 0.143 e. The van der Waals surface area contributed by atoms with Crippen molar-refractivity contribution in [3.63, 3.8) is 0 Å². The summed E-state index contributed by atoms with van der Waals surface area (Å²) in [5.74, 6) is 0. The predicted molar refractivity (Wildman–Crippen MR) is 60.9 cm³/mol. The molecule has 0 spiro atoms. The molecule has 4 heteroatoms. The highest BCUT2D eigenvalue weighted by molar-refractivity contribution is 8.63. The molecule has 1 unspecified atom stereocenters. The zero-order valence-electron chi connectivity index (χ0n) is 6.77. The van der Waals surface area contributed by atoms with Crippen LogP contribution in [0.1, 0.15) is 12.5 Å². The molecular formula is C8H11OPS2. The van der Waals surface area contributed by atoms with Crippen LogP contribution in [0.4, 0.5) is 0 Å². The highest BCUT2D eigenvalue weighted by atomic mass is 32.9. The van der Waals surface area contributed by atoms with Crippen molar-refractivity contribution in [2.75, 3.05) is 0 Å². The van der Waals surface area contributed by atoms with Crippen molar-refractivity contribution < 1.29 is 4.89 Å². The van der Waals surface area contributed by atoms with Crippen LogP contribution >= 0.6 is 17.7 Å². The van der Waals surface area contributed by atoms with Crippen molar-refractivity contribution in [3.05, 3.63) is 29.8 Å². The molecule has 1 rings (SSSR count). The van der Waals surface area contributed by atoms with Crippen molar-refractivity contribution in [2.24, 2.45) is 0 Å². The van der Waals surface area contributed by atoms with Crippen molar-refractivity contribution in [3.8, 4) is 0 Å². The van der Waals surface area contributed by atoms with Crippen molar-refractivity contribution >= 4 is 34.8 Å². The van der Waals surface area contributed by atoms with Gasteiger partial charge in [0.25, 0.3) is 0 Å². The van der Waals surface area contributed by atoms with E-state index in [4.69, 9.17) is 11.8 Å². The van der Waals surface area contributed by atoms with Crippen LogP contribution in [-0.2, 0) is 18.2 Å². The minimum Gasteiger partial charge on any atom is -0.354 e. The summed E-state index contributed by atoms with van der Waals surface area (Å²) in [5, 5.41) is 0.778. The second kappa shape index (κ2) is 3.93. The van der Waals surface area contributed by atoms with Crippen molar-refractivity contribution in [1.82, 2.24) is 0 Å². The summed E-state index contributed by atoms with van der Waals surface area (Å²) in [6.45, 7) is 2.07. The van der Waals surface area contributed by atoms with Gasteiger partial charge in [-0.15, -0.1) is 12.2 Å². The van der Waals surface area contributed by atoms with Gasteiger partial charge in [-0.05, 0) is 18.1 Å². The van der Waals surface area contributed by atoms with E-state index in [9.17, 15) is 4.89 Å². The Hall–Kier alpha value is 0.180. The second-order valence-electron chi connectivity index (χ2n) is 2.57. The summed E-state index contributed by atoms with van der Waals surface area (Å²) < 4.78 is 0. The topological polar surface area (TPSA) is 20.2 Å². The summed E-state index contributed by atoms with van der Waals surface area (Å²) in [5.41, 5.74) is -1.35. The molecule has 0 aliphatic rings. The van der Waals surface area contributed by atoms with Gasteiger partial charge in [-0.1, -0.05) is 36.9 Å². The number of benzene rings is 1. The van der Waals surface area contributed by atoms with Crippen LogP contribution in [0.15, 0.2) is 24.3 Å². The molecule has 0 bridgehead atoms. The minimum absolute atomic E-state index is 0.778. The molecule has 0 saturated carbocycles. The maximum atomic E-state index is 9.50. The normalized spacial score (nSPS) is 15.6. The predicted octanol–water partition coefficient (Wildman–Crippen LogP) is 2.11. The first-order valence-electron chi connectivity index (χ1n) is 3.69. The smallest absolute Gasteiger partial charge is 0.143 e. The van der Waals surface area contributed by atoms with Crippen LogP contribution in [0.3, 0.4) is 0 Å². The van der Waals surface area contributed by atoms with Gasteiger partial charge in [0.2, 0.25) is 0 Å². The van der Waals surface area contributed by atoms with Crippen LogP contribution in [0.2, 0.25) is 0 Å². The van der Waals surface area contributed by atoms with E-state index in [-0.39, 0.29) is 0 Å². The van der Waals surface area contributed by atoms with E-state index in [1.807, 2.05) is 24.3 Å². The molecule has 1 N–H and O–H groups in total. The Kier molecular flexibility index (Phi) is 3.36. The fourth-order valence-electron chi connectivity index (χ4n) is 0.958. The summed E-state index contributed by atoms with van der Waals surface area (Å²) in [7, 11) is 0. The summed E-state index contributed by atoms with van der Waals surface area (Å²) >= 11 is 8.90. The maximum absolute atomic E-state index is 9.50. The van der Waals surface area contributed by atoms with E-state index >= 15 is 0 Å². The SMILES string of the molecule is CCc1cccc(P(O)(=S)S)c1. The van der Waals surface area contributed by atoms with Gasteiger partial charge in [-0.25, -0.2) is 0 Å². The summed E-state index contributed by atoms with van der Waals surface area (Å²) in [4.78, 5) is 9.50. The molecule has 1 aromatic rings. The lowest BCUT2D eigenvalue weighted by Crippen LogP contribution is -2.00.